The molecule has 3 rings (SSSR count). The van der Waals surface area contributed by atoms with Crippen LogP contribution in [0, 0.1) is 13.8 Å². The zero-order valence-electron chi connectivity index (χ0n) is 11.4. The minimum Gasteiger partial charge on any atom is -0.407 e. The van der Waals surface area contributed by atoms with Crippen LogP contribution in [0.15, 0.2) is 57.7 Å². The highest BCUT2D eigenvalue weighted by atomic mass is 16.4. The number of aromatic nitrogens is 1. The summed E-state index contributed by atoms with van der Waals surface area (Å²) in [5, 5.41) is 0. The van der Waals surface area contributed by atoms with Crippen molar-refractivity contribution in [1.82, 2.24) is 4.98 Å². The number of aromatic amines is 1. The second-order valence-corrected chi connectivity index (χ2v) is 4.95. The molecule has 0 amide bonds. The van der Waals surface area contributed by atoms with Gasteiger partial charge in [0, 0.05) is 11.1 Å². The highest BCUT2D eigenvalue weighted by Gasteiger charge is 2.13. The third kappa shape index (κ3) is 2.30. The van der Waals surface area contributed by atoms with Crippen LogP contribution < -0.4 is 5.76 Å². The zero-order chi connectivity index (χ0) is 14.1. The number of hydrogen-bond acceptors (Lipinski definition) is 2. The van der Waals surface area contributed by atoms with Gasteiger partial charge >= 0.3 is 5.76 Å². The number of H-pyrrole nitrogens is 1. The average Bonchev–Trinajstić information content (AvgIpc) is 2.82. The fourth-order valence-corrected chi connectivity index (χ4v) is 2.16. The van der Waals surface area contributed by atoms with Crippen molar-refractivity contribution in [2.24, 2.45) is 0 Å². The number of benzene rings is 2. The fourth-order valence-electron chi connectivity index (χ4n) is 2.16. The third-order valence-corrected chi connectivity index (χ3v) is 3.30. The van der Waals surface area contributed by atoms with E-state index in [0.29, 0.717) is 5.76 Å². The van der Waals surface area contributed by atoms with Gasteiger partial charge in [0.05, 0.1) is 5.69 Å². The number of oxazole rings is 1. The van der Waals surface area contributed by atoms with Gasteiger partial charge in [0.2, 0.25) is 0 Å². The first-order chi connectivity index (χ1) is 9.63. The molecule has 0 saturated heterocycles. The maximum absolute atomic E-state index is 11.6. The van der Waals surface area contributed by atoms with Gasteiger partial charge in [-0.05, 0) is 13.8 Å². The van der Waals surface area contributed by atoms with E-state index in [9.17, 15) is 4.79 Å². The van der Waals surface area contributed by atoms with Crippen molar-refractivity contribution in [3.05, 3.63) is 70.2 Å². The van der Waals surface area contributed by atoms with E-state index < -0.39 is 5.76 Å². The van der Waals surface area contributed by atoms with Crippen LogP contribution >= 0.6 is 0 Å². The summed E-state index contributed by atoms with van der Waals surface area (Å²) in [5.41, 5.74) is 4.90. The second kappa shape index (κ2) is 4.85. The van der Waals surface area contributed by atoms with Crippen LogP contribution in [0.1, 0.15) is 11.1 Å². The third-order valence-electron chi connectivity index (χ3n) is 3.30. The summed E-state index contributed by atoms with van der Waals surface area (Å²) < 4.78 is 5.31. The van der Waals surface area contributed by atoms with Crippen molar-refractivity contribution >= 4 is 0 Å². The van der Waals surface area contributed by atoms with Gasteiger partial charge < -0.3 is 4.42 Å². The molecule has 0 spiro atoms. The molecule has 0 aliphatic heterocycles. The first kappa shape index (κ1) is 12.5. The Morgan fingerprint density at radius 1 is 0.800 bits per heavy atom. The lowest BCUT2D eigenvalue weighted by molar-refractivity contribution is 0.528. The van der Waals surface area contributed by atoms with Crippen molar-refractivity contribution in [1.29, 1.82) is 0 Å². The molecule has 20 heavy (non-hydrogen) atoms. The fraction of sp³-hybridized carbons (Fsp3) is 0.118. The number of hydrogen-bond donors (Lipinski definition) is 1. The molecule has 1 heterocycles. The normalized spacial score (nSPS) is 10.7. The van der Waals surface area contributed by atoms with Gasteiger partial charge in [-0.3, -0.25) is 4.98 Å². The van der Waals surface area contributed by atoms with Crippen molar-refractivity contribution < 1.29 is 4.42 Å². The molecule has 0 atom stereocenters. The molecule has 0 unspecified atom stereocenters. The van der Waals surface area contributed by atoms with Gasteiger partial charge in [0.25, 0.3) is 0 Å². The maximum Gasteiger partial charge on any atom is 0.417 e. The Kier molecular flexibility index (Phi) is 3.03. The molecule has 0 aliphatic rings. The Hall–Kier alpha value is -2.55. The number of aryl methyl sites for hydroxylation is 2. The van der Waals surface area contributed by atoms with Crippen molar-refractivity contribution in [2.75, 3.05) is 0 Å². The van der Waals surface area contributed by atoms with E-state index in [0.717, 1.165) is 16.8 Å². The van der Waals surface area contributed by atoms with Crippen molar-refractivity contribution in [3.8, 4) is 22.6 Å². The molecule has 0 saturated carbocycles. The molecular weight excluding hydrogens is 250 g/mol. The Morgan fingerprint density at radius 3 is 1.85 bits per heavy atom. The SMILES string of the molecule is Cc1ccc(-c2[nH]c(=O)oc2-c2ccc(C)cc2)cc1. The number of nitrogens with one attached hydrogen (secondary N) is 1. The van der Waals surface area contributed by atoms with Gasteiger partial charge in [-0.1, -0.05) is 59.7 Å². The van der Waals surface area contributed by atoms with Crippen LogP contribution in [0.5, 0.6) is 0 Å². The minimum absolute atomic E-state index is 0.434. The summed E-state index contributed by atoms with van der Waals surface area (Å²) in [7, 11) is 0. The van der Waals surface area contributed by atoms with Crippen LogP contribution in [0.25, 0.3) is 22.6 Å². The molecule has 100 valence electrons. The molecule has 0 radical (unpaired) electrons. The van der Waals surface area contributed by atoms with Gasteiger partial charge in [-0.25, -0.2) is 4.79 Å². The molecule has 0 aliphatic carbocycles. The largest absolute Gasteiger partial charge is 0.417 e. The highest BCUT2D eigenvalue weighted by Crippen LogP contribution is 2.29. The molecule has 3 nitrogen and oxygen atoms in total. The second-order valence-electron chi connectivity index (χ2n) is 4.95. The lowest BCUT2D eigenvalue weighted by atomic mass is 10.0. The van der Waals surface area contributed by atoms with Crippen LogP contribution in [-0.4, -0.2) is 4.98 Å². The molecule has 2 aromatic carbocycles. The van der Waals surface area contributed by atoms with Crippen molar-refractivity contribution in [2.45, 2.75) is 13.8 Å². The summed E-state index contributed by atoms with van der Waals surface area (Å²) in [6.07, 6.45) is 0. The quantitative estimate of drug-likeness (QED) is 0.763. The van der Waals surface area contributed by atoms with Gasteiger partial charge in [0.15, 0.2) is 5.76 Å². The maximum atomic E-state index is 11.6. The van der Waals surface area contributed by atoms with Gasteiger partial charge in [-0.2, -0.15) is 0 Å². The van der Waals surface area contributed by atoms with Crippen molar-refractivity contribution in [3.63, 3.8) is 0 Å². The summed E-state index contributed by atoms with van der Waals surface area (Å²) in [6, 6.07) is 15.9. The van der Waals surface area contributed by atoms with E-state index in [-0.39, 0.29) is 0 Å². The van der Waals surface area contributed by atoms with E-state index in [1.54, 1.807) is 0 Å². The average molecular weight is 265 g/mol. The molecule has 3 heteroatoms. The lowest BCUT2D eigenvalue weighted by Gasteiger charge is -2.03. The van der Waals surface area contributed by atoms with Gasteiger partial charge in [0.1, 0.15) is 0 Å². The van der Waals surface area contributed by atoms with E-state index >= 15 is 0 Å². The Balaban J connectivity index is 2.15. The first-order valence-electron chi connectivity index (χ1n) is 6.51. The first-order valence-corrected chi connectivity index (χ1v) is 6.51. The Bertz CT molecular complexity index is 711. The Labute approximate surface area is 116 Å². The van der Waals surface area contributed by atoms with E-state index in [1.165, 1.54) is 11.1 Å². The standard InChI is InChI=1S/C17H15NO2/c1-11-3-7-13(8-4-11)15-16(20-17(19)18-15)14-9-5-12(2)6-10-14/h3-10H,1-2H3,(H,18,19). The summed E-state index contributed by atoms with van der Waals surface area (Å²) >= 11 is 0. The van der Waals surface area contributed by atoms with Crippen LogP contribution in [-0.2, 0) is 0 Å². The van der Waals surface area contributed by atoms with E-state index in [4.69, 9.17) is 4.42 Å². The van der Waals surface area contributed by atoms with Crippen LogP contribution in [0.4, 0.5) is 0 Å². The Morgan fingerprint density at radius 2 is 1.30 bits per heavy atom. The predicted molar refractivity (Wildman–Crippen MR) is 79.7 cm³/mol. The summed E-state index contributed by atoms with van der Waals surface area (Å²) in [5.74, 6) is 0.148. The lowest BCUT2D eigenvalue weighted by Crippen LogP contribution is -1.94. The molecule has 3 aromatic rings. The monoisotopic (exact) mass is 265 g/mol. The zero-order valence-corrected chi connectivity index (χ0v) is 11.4. The summed E-state index contributed by atoms with van der Waals surface area (Å²) in [6.45, 7) is 4.06. The van der Waals surface area contributed by atoms with E-state index in [2.05, 4.69) is 4.98 Å². The summed E-state index contributed by atoms with van der Waals surface area (Å²) in [4.78, 5) is 14.3. The predicted octanol–water partition coefficient (Wildman–Crippen LogP) is 3.92. The van der Waals surface area contributed by atoms with E-state index in [1.807, 2.05) is 62.4 Å². The number of rotatable bonds is 2. The van der Waals surface area contributed by atoms with Crippen LogP contribution in [0.2, 0.25) is 0 Å². The molecule has 0 bridgehead atoms. The molecular formula is C17H15NO2. The highest BCUT2D eigenvalue weighted by molar-refractivity contribution is 5.76. The molecule has 1 aromatic heterocycles. The van der Waals surface area contributed by atoms with Gasteiger partial charge in [-0.15, -0.1) is 0 Å². The topological polar surface area (TPSA) is 46.0 Å². The smallest absolute Gasteiger partial charge is 0.407 e. The minimum atomic E-state index is -0.434. The molecule has 1 N–H and O–H groups in total. The molecule has 0 fully saturated rings. The van der Waals surface area contributed by atoms with Crippen LogP contribution in [0.3, 0.4) is 0 Å².